The molecular formula is C22H25FN10O. The van der Waals surface area contributed by atoms with Crippen molar-refractivity contribution in [3.8, 4) is 0 Å². The molecule has 1 atom stereocenters. The van der Waals surface area contributed by atoms with Gasteiger partial charge in [-0.2, -0.15) is 15.0 Å². The zero-order valence-corrected chi connectivity index (χ0v) is 18.9. The average molecular weight is 465 g/mol. The second-order valence-electron chi connectivity index (χ2n) is 8.01. The van der Waals surface area contributed by atoms with Gasteiger partial charge in [-0.15, -0.1) is 0 Å². The lowest BCUT2D eigenvalue weighted by molar-refractivity contribution is 0.122. The SMILES string of the molecule is Cn1cnc(N(c2nc(N)nc(N3CCOCC3)n2)C(c2ccc(F)cc2)c2nccn2C)c1. The van der Waals surface area contributed by atoms with E-state index in [1.807, 2.05) is 45.4 Å². The van der Waals surface area contributed by atoms with Crippen molar-refractivity contribution in [3.05, 3.63) is 66.4 Å². The Morgan fingerprint density at radius 3 is 2.47 bits per heavy atom. The van der Waals surface area contributed by atoms with Crippen LogP contribution in [0, 0.1) is 5.82 Å². The van der Waals surface area contributed by atoms with Gasteiger partial charge in [-0.25, -0.2) is 14.4 Å². The van der Waals surface area contributed by atoms with Crippen molar-refractivity contribution in [3.63, 3.8) is 0 Å². The van der Waals surface area contributed by atoms with Crippen molar-refractivity contribution >= 4 is 23.7 Å². The third kappa shape index (κ3) is 4.27. The van der Waals surface area contributed by atoms with Gasteiger partial charge in [-0.3, -0.25) is 4.90 Å². The van der Waals surface area contributed by atoms with Crippen LogP contribution in [-0.4, -0.2) is 60.4 Å². The third-order valence-corrected chi connectivity index (χ3v) is 5.62. The Balaban J connectivity index is 1.70. The van der Waals surface area contributed by atoms with Gasteiger partial charge in [0.15, 0.2) is 5.82 Å². The second-order valence-corrected chi connectivity index (χ2v) is 8.01. The van der Waals surface area contributed by atoms with Crippen molar-refractivity contribution in [1.82, 2.24) is 34.1 Å². The highest BCUT2D eigenvalue weighted by Crippen LogP contribution is 2.36. The van der Waals surface area contributed by atoms with Crippen LogP contribution in [0.4, 0.5) is 28.1 Å². The van der Waals surface area contributed by atoms with Crippen LogP contribution >= 0.6 is 0 Å². The van der Waals surface area contributed by atoms with E-state index in [1.54, 1.807) is 24.7 Å². The molecule has 0 amide bonds. The maximum Gasteiger partial charge on any atom is 0.238 e. The second kappa shape index (κ2) is 9.06. The zero-order chi connectivity index (χ0) is 23.7. The zero-order valence-electron chi connectivity index (χ0n) is 18.9. The number of benzene rings is 1. The number of ether oxygens (including phenoxy) is 1. The van der Waals surface area contributed by atoms with E-state index < -0.39 is 6.04 Å². The predicted molar refractivity (Wildman–Crippen MR) is 124 cm³/mol. The molecule has 0 radical (unpaired) electrons. The summed E-state index contributed by atoms with van der Waals surface area (Å²) in [6, 6.07) is 5.76. The number of nitrogen functional groups attached to an aromatic ring is 1. The minimum atomic E-state index is -0.519. The van der Waals surface area contributed by atoms with Crippen LogP contribution in [0.3, 0.4) is 0 Å². The highest BCUT2D eigenvalue weighted by Gasteiger charge is 2.32. The molecule has 1 aromatic carbocycles. The number of rotatable bonds is 6. The van der Waals surface area contributed by atoms with E-state index in [0.717, 1.165) is 5.56 Å². The summed E-state index contributed by atoms with van der Waals surface area (Å²) >= 11 is 0. The maximum absolute atomic E-state index is 13.8. The van der Waals surface area contributed by atoms with Crippen molar-refractivity contribution in [2.24, 2.45) is 14.1 Å². The lowest BCUT2D eigenvalue weighted by Crippen LogP contribution is -2.38. The molecule has 1 aliphatic rings. The van der Waals surface area contributed by atoms with E-state index in [4.69, 9.17) is 15.5 Å². The molecule has 0 aliphatic carbocycles. The van der Waals surface area contributed by atoms with Crippen molar-refractivity contribution in [1.29, 1.82) is 0 Å². The molecule has 1 unspecified atom stereocenters. The topological polar surface area (TPSA) is 116 Å². The first-order valence-electron chi connectivity index (χ1n) is 10.8. The highest BCUT2D eigenvalue weighted by molar-refractivity contribution is 5.59. The van der Waals surface area contributed by atoms with E-state index in [-0.39, 0.29) is 11.8 Å². The van der Waals surface area contributed by atoms with Gasteiger partial charge in [-0.1, -0.05) is 12.1 Å². The van der Waals surface area contributed by atoms with Gasteiger partial charge in [0.1, 0.15) is 17.7 Å². The molecule has 176 valence electrons. The Morgan fingerprint density at radius 1 is 1.06 bits per heavy atom. The molecular weight excluding hydrogens is 439 g/mol. The number of nitrogens with zero attached hydrogens (tertiary/aromatic N) is 9. The Kier molecular flexibility index (Phi) is 5.80. The van der Waals surface area contributed by atoms with E-state index in [0.29, 0.717) is 49.8 Å². The fourth-order valence-electron chi connectivity index (χ4n) is 3.95. The van der Waals surface area contributed by atoms with Crippen molar-refractivity contribution in [2.45, 2.75) is 6.04 Å². The number of anilines is 4. The fraction of sp³-hybridized carbons (Fsp3) is 0.318. The normalized spacial score (nSPS) is 14.9. The minimum absolute atomic E-state index is 0.0881. The Morgan fingerprint density at radius 2 is 1.82 bits per heavy atom. The Hall–Kier alpha value is -4.06. The Labute approximate surface area is 195 Å². The summed E-state index contributed by atoms with van der Waals surface area (Å²) in [6.07, 6.45) is 7.11. The van der Waals surface area contributed by atoms with Gasteiger partial charge in [0.2, 0.25) is 17.8 Å². The maximum atomic E-state index is 13.8. The molecule has 1 aliphatic heterocycles. The van der Waals surface area contributed by atoms with Gasteiger partial charge >= 0.3 is 0 Å². The molecule has 11 nitrogen and oxygen atoms in total. The van der Waals surface area contributed by atoms with Crippen LogP contribution in [0.25, 0.3) is 0 Å². The smallest absolute Gasteiger partial charge is 0.238 e. The molecule has 1 saturated heterocycles. The number of hydrogen-bond acceptors (Lipinski definition) is 9. The predicted octanol–water partition coefficient (Wildman–Crippen LogP) is 1.82. The van der Waals surface area contributed by atoms with E-state index in [1.165, 1.54) is 12.1 Å². The van der Waals surface area contributed by atoms with E-state index in [2.05, 4.69) is 19.9 Å². The van der Waals surface area contributed by atoms with Gasteiger partial charge in [0.05, 0.1) is 19.5 Å². The number of nitrogens with two attached hydrogens (primary N) is 1. The molecule has 5 rings (SSSR count). The van der Waals surface area contributed by atoms with Crippen molar-refractivity contribution in [2.75, 3.05) is 41.8 Å². The molecule has 3 aromatic heterocycles. The average Bonchev–Trinajstić information content (AvgIpc) is 3.46. The van der Waals surface area contributed by atoms with Crippen LogP contribution in [0.1, 0.15) is 17.4 Å². The number of aryl methyl sites for hydroxylation is 2. The van der Waals surface area contributed by atoms with Gasteiger partial charge in [0, 0.05) is 45.8 Å². The van der Waals surface area contributed by atoms with Crippen LogP contribution in [0.2, 0.25) is 0 Å². The number of hydrogen-bond donors (Lipinski definition) is 1. The summed E-state index contributed by atoms with van der Waals surface area (Å²) in [5, 5.41) is 0. The molecule has 34 heavy (non-hydrogen) atoms. The number of imidazole rings is 2. The molecule has 0 bridgehead atoms. The van der Waals surface area contributed by atoms with Gasteiger partial charge in [0.25, 0.3) is 0 Å². The summed E-state index contributed by atoms with van der Waals surface area (Å²) in [6.45, 7) is 2.45. The van der Waals surface area contributed by atoms with Crippen LogP contribution in [0.15, 0.2) is 49.2 Å². The largest absolute Gasteiger partial charge is 0.378 e. The first kappa shape index (κ1) is 21.8. The van der Waals surface area contributed by atoms with Crippen LogP contribution < -0.4 is 15.5 Å². The third-order valence-electron chi connectivity index (χ3n) is 5.62. The number of aromatic nitrogens is 7. The van der Waals surface area contributed by atoms with Crippen LogP contribution in [0.5, 0.6) is 0 Å². The summed E-state index contributed by atoms with van der Waals surface area (Å²) in [5.41, 5.74) is 6.94. The molecule has 4 aromatic rings. The molecule has 0 spiro atoms. The van der Waals surface area contributed by atoms with Crippen LogP contribution in [-0.2, 0) is 18.8 Å². The van der Waals surface area contributed by atoms with Crippen molar-refractivity contribution < 1.29 is 9.13 Å². The number of morpholine rings is 1. The molecule has 2 N–H and O–H groups in total. The summed E-state index contributed by atoms with van der Waals surface area (Å²) in [4.78, 5) is 26.6. The van der Waals surface area contributed by atoms with E-state index in [9.17, 15) is 4.39 Å². The lowest BCUT2D eigenvalue weighted by Gasteiger charge is -2.32. The highest BCUT2D eigenvalue weighted by atomic mass is 19.1. The minimum Gasteiger partial charge on any atom is -0.378 e. The standard InChI is InChI=1S/C22H25FN10O/c1-30-13-17(26-14-30)33(22-28-20(24)27-21(29-22)32-9-11-34-12-10-32)18(19-25-7-8-31(19)2)15-3-5-16(23)6-4-15/h3-8,13-14,18H,9-12H2,1-2H3,(H2,24,27,28,29). The van der Waals surface area contributed by atoms with Gasteiger partial charge < -0.3 is 24.5 Å². The summed E-state index contributed by atoms with van der Waals surface area (Å²) < 4.78 is 23.0. The Bertz CT molecular complexity index is 1260. The quantitative estimate of drug-likeness (QED) is 0.456. The lowest BCUT2D eigenvalue weighted by atomic mass is 10.0. The summed E-state index contributed by atoms with van der Waals surface area (Å²) in [5.74, 6) is 1.81. The van der Waals surface area contributed by atoms with Gasteiger partial charge in [-0.05, 0) is 17.7 Å². The number of halogens is 1. The molecule has 1 fully saturated rings. The fourth-order valence-corrected chi connectivity index (χ4v) is 3.95. The molecule has 12 heteroatoms. The summed E-state index contributed by atoms with van der Waals surface area (Å²) in [7, 11) is 3.78. The van der Waals surface area contributed by atoms with E-state index >= 15 is 0 Å². The monoisotopic (exact) mass is 464 g/mol. The molecule has 0 saturated carbocycles. The molecule has 4 heterocycles. The first-order valence-corrected chi connectivity index (χ1v) is 10.8. The first-order chi connectivity index (χ1) is 16.5.